The highest BCUT2D eigenvalue weighted by atomic mass is 32.1. The molecule has 0 saturated heterocycles. The van der Waals surface area contributed by atoms with Crippen LogP contribution in [0.15, 0.2) is 54.6 Å². The van der Waals surface area contributed by atoms with E-state index in [1.54, 1.807) is 0 Å². The van der Waals surface area contributed by atoms with Crippen LogP contribution in [-0.2, 0) is 11.2 Å². The van der Waals surface area contributed by atoms with E-state index in [1.165, 1.54) is 5.56 Å². The molecule has 4 atom stereocenters. The van der Waals surface area contributed by atoms with Gasteiger partial charge in [0.25, 0.3) is 0 Å². The fourth-order valence-corrected chi connectivity index (χ4v) is 3.94. The number of thiol groups is 1. The molecule has 0 spiro atoms. The summed E-state index contributed by atoms with van der Waals surface area (Å²) in [6, 6.07) is 10.5. The van der Waals surface area contributed by atoms with Crippen molar-refractivity contribution in [2.75, 3.05) is 0 Å². The predicted octanol–water partition coefficient (Wildman–Crippen LogP) is 5.06. The summed E-state index contributed by atoms with van der Waals surface area (Å²) in [5.41, 5.74) is 1.34. The quantitative estimate of drug-likeness (QED) is 0.282. The Morgan fingerprint density at radius 3 is 2.74 bits per heavy atom. The fraction of sp³-hybridized carbons (Fsp3) is 0.522. The first-order valence-corrected chi connectivity index (χ1v) is 10.5. The highest BCUT2D eigenvalue weighted by molar-refractivity contribution is 7.81. The van der Waals surface area contributed by atoms with Crippen LogP contribution in [0.25, 0.3) is 0 Å². The SMILES string of the molecule is O=C(O)CCC/C=C\C[C@H]1[C@@H](O)CC[C@@H]1/C=C/[C@@H](S)CCc1ccccc1. The van der Waals surface area contributed by atoms with Crippen LogP contribution in [0.1, 0.15) is 50.5 Å². The van der Waals surface area contributed by atoms with E-state index < -0.39 is 5.97 Å². The number of carboxylic acid groups (broad SMARTS) is 1. The Balaban J connectivity index is 1.75. The van der Waals surface area contributed by atoms with Crippen molar-refractivity contribution in [3.05, 3.63) is 60.2 Å². The van der Waals surface area contributed by atoms with Crippen LogP contribution in [0.2, 0.25) is 0 Å². The zero-order chi connectivity index (χ0) is 19.5. The number of carboxylic acids is 1. The highest BCUT2D eigenvalue weighted by Crippen LogP contribution is 2.36. The molecular formula is C23H32O3S. The lowest BCUT2D eigenvalue weighted by Crippen LogP contribution is -2.17. The van der Waals surface area contributed by atoms with Crippen molar-refractivity contribution in [2.24, 2.45) is 11.8 Å². The molecule has 2 rings (SSSR count). The Bertz CT molecular complexity index is 611. The van der Waals surface area contributed by atoms with Gasteiger partial charge in [0.2, 0.25) is 0 Å². The molecule has 27 heavy (non-hydrogen) atoms. The first kappa shape index (κ1) is 21.8. The summed E-state index contributed by atoms with van der Waals surface area (Å²) in [4.78, 5) is 10.5. The van der Waals surface area contributed by atoms with Crippen LogP contribution in [0.4, 0.5) is 0 Å². The van der Waals surface area contributed by atoms with Crippen molar-refractivity contribution >= 4 is 18.6 Å². The molecule has 1 aromatic rings. The van der Waals surface area contributed by atoms with Crippen LogP contribution < -0.4 is 0 Å². The molecule has 4 heteroatoms. The number of benzene rings is 1. The minimum atomic E-state index is -0.742. The van der Waals surface area contributed by atoms with E-state index in [9.17, 15) is 9.90 Å². The predicted molar refractivity (Wildman–Crippen MR) is 114 cm³/mol. The van der Waals surface area contributed by atoms with E-state index in [1.807, 2.05) is 6.07 Å². The fourth-order valence-electron chi connectivity index (χ4n) is 3.72. The Kier molecular flexibility index (Phi) is 9.71. The van der Waals surface area contributed by atoms with Crippen molar-refractivity contribution in [1.82, 2.24) is 0 Å². The van der Waals surface area contributed by atoms with Gasteiger partial charge in [0.05, 0.1) is 6.10 Å². The number of aliphatic carboxylic acids is 1. The molecule has 0 aromatic heterocycles. The molecule has 0 unspecified atom stereocenters. The second kappa shape index (κ2) is 12.0. The Hall–Kier alpha value is -1.52. The number of aryl methyl sites for hydroxylation is 1. The zero-order valence-electron chi connectivity index (χ0n) is 15.9. The first-order chi connectivity index (χ1) is 13.1. The van der Waals surface area contributed by atoms with E-state index in [0.29, 0.717) is 12.3 Å². The van der Waals surface area contributed by atoms with Crippen LogP contribution in [0.3, 0.4) is 0 Å². The van der Waals surface area contributed by atoms with Gasteiger partial charge >= 0.3 is 5.97 Å². The van der Waals surface area contributed by atoms with Gasteiger partial charge in [-0.3, -0.25) is 4.79 Å². The molecule has 0 heterocycles. The Morgan fingerprint density at radius 2 is 2.00 bits per heavy atom. The third kappa shape index (κ3) is 8.35. The van der Waals surface area contributed by atoms with Gasteiger partial charge in [-0.15, -0.1) is 0 Å². The van der Waals surface area contributed by atoms with E-state index in [-0.39, 0.29) is 23.7 Å². The number of aliphatic hydroxyl groups excluding tert-OH is 1. The second-order valence-corrected chi connectivity index (χ2v) is 8.11. The Labute approximate surface area is 168 Å². The summed E-state index contributed by atoms with van der Waals surface area (Å²) in [7, 11) is 0. The molecule has 1 saturated carbocycles. The van der Waals surface area contributed by atoms with Gasteiger partial charge < -0.3 is 10.2 Å². The molecule has 0 aliphatic heterocycles. The molecular weight excluding hydrogens is 356 g/mol. The highest BCUT2D eigenvalue weighted by Gasteiger charge is 2.32. The van der Waals surface area contributed by atoms with Gasteiger partial charge in [-0.25, -0.2) is 0 Å². The Morgan fingerprint density at radius 1 is 1.22 bits per heavy atom. The van der Waals surface area contributed by atoms with Crippen LogP contribution in [0.5, 0.6) is 0 Å². The summed E-state index contributed by atoms with van der Waals surface area (Å²) in [5.74, 6) is -0.0879. The zero-order valence-corrected chi connectivity index (χ0v) is 16.8. The number of hydrogen-bond acceptors (Lipinski definition) is 3. The molecule has 0 radical (unpaired) electrons. The minimum absolute atomic E-state index is 0.216. The normalized spacial score (nSPS) is 24.0. The van der Waals surface area contributed by atoms with Crippen LogP contribution in [-0.4, -0.2) is 27.5 Å². The number of carbonyl (C=O) groups is 1. The lowest BCUT2D eigenvalue weighted by atomic mass is 9.90. The number of unbranched alkanes of at least 4 members (excludes halogenated alkanes) is 1. The molecule has 1 aromatic carbocycles. The molecule has 2 N–H and O–H groups in total. The monoisotopic (exact) mass is 388 g/mol. The minimum Gasteiger partial charge on any atom is -0.481 e. The average molecular weight is 389 g/mol. The third-order valence-corrected chi connectivity index (χ3v) is 5.76. The van der Waals surface area contributed by atoms with Crippen LogP contribution >= 0.6 is 12.6 Å². The summed E-state index contributed by atoms with van der Waals surface area (Å²) in [6.07, 6.45) is 14.8. The number of rotatable bonds is 11. The van der Waals surface area contributed by atoms with Crippen LogP contribution in [0, 0.1) is 11.8 Å². The van der Waals surface area contributed by atoms with Crippen molar-refractivity contribution in [3.8, 4) is 0 Å². The average Bonchev–Trinajstić information content (AvgIpc) is 3.01. The summed E-state index contributed by atoms with van der Waals surface area (Å²) < 4.78 is 0. The van der Waals surface area contributed by atoms with Crippen molar-refractivity contribution in [2.45, 2.75) is 62.7 Å². The summed E-state index contributed by atoms with van der Waals surface area (Å²) in [5, 5.41) is 19.2. The summed E-state index contributed by atoms with van der Waals surface area (Å²) >= 11 is 4.70. The van der Waals surface area contributed by atoms with Crippen molar-refractivity contribution < 1.29 is 15.0 Å². The van der Waals surface area contributed by atoms with Gasteiger partial charge in [0.15, 0.2) is 0 Å². The maximum absolute atomic E-state index is 10.5. The third-order valence-electron chi connectivity index (χ3n) is 5.33. The molecule has 0 bridgehead atoms. The molecule has 0 amide bonds. The molecule has 1 aliphatic rings. The van der Waals surface area contributed by atoms with Gasteiger partial charge in [-0.05, 0) is 62.3 Å². The topological polar surface area (TPSA) is 57.5 Å². The maximum Gasteiger partial charge on any atom is 0.303 e. The van der Waals surface area contributed by atoms with E-state index in [2.05, 4.69) is 48.6 Å². The van der Waals surface area contributed by atoms with Crippen molar-refractivity contribution in [3.63, 3.8) is 0 Å². The van der Waals surface area contributed by atoms with Gasteiger partial charge in [-0.1, -0.05) is 54.6 Å². The smallest absolute Gasteiger partial charge is 0.303 e. The lowest BCUT2D eigenvalue weighted by Gasteiger charge is -2.18. The van der Waals surface area contributed by atoms with E-state index in [0.717, 1.165) is 38.5 Å². The number of hydrogen-bond donors (Lipinski definition) is 3. The second-order valence-electron chi connectivity index (χ2n) is 7.44. The van der Waals surface area contributed by atoms with E-state index >= 15 is 0 Å². The summed E-state index contributed by atoms with van der Waals surface area (Å²) in [6.45, 7) is 0. The maximum atomic E-state index is 10.5. The largest absolute Gasteiger partial charge is 0.481 e. The van der Waals surface area contributed by atoms with Crippen molar-refractivity contribution in [1.29, 1.82) is 0 Å². The van der Waals surface area contributed by atoms with E-state index in [4.69, 9.17) is 17.7 Å². The molecule has 1 aliphatic carbocycles. The van der Waals surface area contributed by atoms with Gasteiger partial charge in [0.1, 0.15) is 0 Å². The molecule has 3 nitrogen and oxygen atoms in total. The standard InChI is InChI=1S/C23H32O3S/c24-22-17-14-19(21(22)10-6-1-2-7-11-23(25)26)13-16-20(27)15-12-18-8-4-3-5-9-18/h1,3-6,8-9,13,16,19-22,24,27H,2,7,10-12,14-15,17H2,(H,25,26)/b6-1-,16-13+/t19-,20-,21+,22-/m0/s1. The first-order valence-electron chi connectivity index (χ1n) is 10.0. The number of allylic oxidation sites excluding steroid dienone is 3. The number of aliphatic hydroxyl groups is 1. The van der Waals surface area contributed by atoms with Gasteiger partial charge in [0, 0.05) is 11.7 Å². The molecule has 148 valence electrons. The molecule has 1 fully saturated rings. The lowest BCUT2D eigenvalue weighted by molar-refractivity contribution is -0.137. The van der Waals surface area contributed by atoms with Gasteiger partial charge in [-0.2, -0.15) is 12.6 Å².